The Morgan fingerprint density at radius 1 is 0.960 bits per heavy atom. The first kappa shape index (κ1) is 18.5. The van der Waals surface area contributed by atoms with E-state index in [9.17, 15) is 9.59 Å². The minimum Gasteiger partial charge on any atom is -0.493 e. The van der Waals surface area contributed by atoms with E-state index in [1.54, 1.807) is 26.4 Å². The van der Waals surface area contributed by atoms with E-state index in [4.69, 9.17) is 9.47 Å². The van der Waals surface area contributed by atoms with E-state index in [2.05, 4.69) is 5.32 Å². The number of benzene rings is 2. The van der Waals surface area contributed by atoms with Crippen molar-refractivity contribution in [1.82, 2.24) is 5.32 Å². The molecule has 5 heteroatoms. The first-order valence-electron chi connectivity index (χ1n) is 8.01. The molecule has 0 aliphatic heterocycles. The molecule has 0 fully saturated rings. The van der Waals surface area contributed by atoms with E-state index in [1.807, 2.05) is 45.0 Å². The summed E-state index contributed by atoms with van der Waals surface area (Å²) in [6, 6.07) is 10.2. The lowest BCUT2D eigenvalue weighted by molar-refractivity contribution is -0.117. The van der Waals surface area contributed by atoms with E-state index >= 15 is 0 Å². The van der Waals surface area contributed by atoms with Gasteiger partial charge in [-0.05, 0) is 44.0 Å². The SMILES string of the molecule is COc1cc(C)c(C(C)NC(=O)C(=O)c2ccc(C)cc2)cc1OC. The Morgan fingerprint density at radius 2 is 1.52 bits per heavy atom. The normalized spacial score (nSPS) is 11.6. The Labute approximate surface area is 148 Å². The van der Waals surface area contributed by atoms with Gasteiger partial charge in [0, 0.05) is 5.56 Å². The second-order valence-corrected chi connectivity index (χ2v) is 5.95. The summed E-state index contributed by atoms with van der Waals surface area (Å²) in [5.74, 6) is 0.0163. The van der Waals surface area contributed by atoms with Crippen molar-refractivity contribution in [2.75, 3.05) is 14.2 Å². The van der Waals surface area contributed by atoms with Gasteiger partial charge in [0.1, 0.15) is 0 Å². The molecule has 0 heterocycles. The fraction of sp³-hybridized carbons (Fsp3) is 0.300. The number of aryl methyl sites for hydroxylation is 2. The average Bonchev–Trinajstić information content (AvgIpc) is 2.61. The Bertz CT molecular complexity index is 781. The van der Waals surface area contributed by atoms with E-state index < -0.39 is 11.7 Å². The standard InChI is InChI=1S/C20H23NO4/c1-12-6-8-15(9-7-12)19(22)20(23)21-14(3)16-11-18(25-5)17(24-4)10-13(16)2/h6-11,14H,1-5H3,(H,21,23). The molecule has 2 aromatic carbocycles. The van der Waals surface area contributed by atoms with Crippen LogP contribution in [0.4, 0.5) is 0 Å². The van der Waals surface area contributed by atoms with E-state index in [0.29, 0.717) is 17.1 Å². The van der Waals surface area contributed by atoms with Crippen molar-refractivity contribution in [3.8, 4) is 11.5 Å². The summed E-state index contributed by atoms with van der Waals surface area (Å²) in [5, 5.41) is 2.75. The Hall–Kier alpha value is -2.82. The molecule has 0 aliphatic rings. The van der Waals surface area contributed by atoms with Crippen molar-refractivity contribution in [1.29, 1.82) is 0 Å². The number of rotatable bonds is 6. The van der Waals surface area contributed by atoms with Crippen molar-refractivity contribution in [3.05, 3.63) is 58.7 Å². The zero-order valence-corrected chi connectivity index (χ0v) is 15.2. The zero-order chi connectivity index (χ0) is 18.6. The first-order valence-corrected chi connectivity index (χ1v) is 8.01. The number of hydrogen-bond donors (Lipinski definition) is 1. The fourth-order valence-corrected chi connectivity index (χ4v) is 2.64. The Kier molecular flexibility index (Phi) is 5.80. The fourth-order valence-electron chi connectivity index (χ4n) is 2.64. The highest BCUT2D eigenvalue weighted by atomic mass is 16.5. The maximum absolute atomic E-state index is 12.3. The highest BCUT2D eigenvalue weighted by Crippen LogP contribution is 2.32. The number of ketones is 1. The van der Waals surface area contributed by atoms with Crippen LogP contribution in [-0.2, 0) is 4.79 Å². The van der Waals surface area contributed by atoms with Gasteiger partial charge in [0.05, 0.1) is 20.3 Å². The molecule has 132 valence electrons. The van der Waals surface area contributed by atoms with Crippen molar-refractivity contribution < 1.29 is 19.1 Å². The van der Waals surface area contributed by atoms with Gasteiger partial charge in [0.2, 0.25) is 5.78 Å². The summed E-state index contributed by atoms with van der Waals surface area (Å²) in [6.45, 7) is 5.67. The molecule has 1 atom stereocenters. The lowest BCUT2D eigenvalue weighted by Crippen LogP contribution is -2.33. The van der Waals surface area contributed by atoms with Crippen LogP contribution in [-0.4, -0.2) is 25.9 Å². The second-order valence-electron chi connectivity index (χ2n) is 5.95. The average molecular weight is 341 g/mol. The molecule has 0 spiro atoms. The molecule has 0 saturated heterocycles. The third-order valence-corrected chi connectivity index (χ3v) is 4.11. The summed E-state index contributed by atoms with van der Waals surface area (Å²) in [4.78, 5) is 24.6. The number of Topliss-reactive ketones (excluding diaryl/α,β-unsaturated/α-hetero) is 1. The highest BCUT2D eigenvalue weighted by molar-refractivity contribution is 6.42. The minimum absolute atomic E-state index is 0.346. The summed E-state index contributed by atoms with van der Waals surface area (Å²) >= 11 is 0. The predicted octanol–water partition coefficient (Wildman–Crippen LogP) is 3.38. The lowest BCUT2D eigenvalue weighted by atomic mass is 10.0. The molecule has 2 rings (SSSR count). The molecule has 1 unspecified atom stereocenters. The summed E-state index contributed by atoms with van der Waals surface area (Å²) in [6.07, 6.45) is 0. The van der Waals surface area contributed by atoms with Crippen LogP contribution in [0.3, 0.4) is 0 Å². The molecule has 1 N–H and O–H groups in total. The summed E-state index contributed by atoms with van der Waals surface area (Å²) in [7, 11) is 3.13. The molecule has 0 bridgehead atoms. The molecule has 1 amide bonds. The van der Waals surface area contributed by atoms with E-state index in [0.717, 1.165) is 16.7 Å². The second kappa shape index (κ2) is 7.83. The highest BCUT2D eigenvalue weighted by Gasteiger charge is 2.21. The minimum atomic E-state index is -0.634. The van der Waals surface area contributed by atoms with Gasteiger partial charge in [-0.25, -0.2) is 0 Å². The quantitative estimate of drug-likeness (QED) is 0.646. The van der Waals surface area contributed by atoms with Crippen LogP contribution >= 0.6 is 0 Å². The Balaban J connectivity index is 2.18. The summed E-state index contributed by atoms with van der Waals surface area (Å²) in [5.41, 5.74) is 3.21. The lowest BCUT2D eigenvalue weighted by Gasteiger charge is -2.19. The van der Waals surface area contributed by atoms with Crippen molar-refractivity contribution in [3.63, 3.8) is 0 Å². The molecule has 0 aliphatic carbocycles. The third-order valence-electron chi connectivity index (χ3n) is 4.11. The molecule has 5 nitrogen and oxygen atoms in total. The van der Waals surface area contributed by atoms with Gasteiger partial charge in [-0.1, -0.05) is 29.8 Å². The van der Waals surface area contributed by atoms with Gasteiger partial charge < -0.3 is 14.8 Å². The van der Waals surface area contributed by atoms with Gasteiger partial charge in [-0.3, -0.25) is 9.59 Å². The van der Waals surface area contributed by atoms with Gasteiger partial charge in [-0.2, -0.15) is 0 Å². The number of hydrogen-bond acceptors (Lipinski definition) is 4. The molecular formula is C20H23NO4. The topological polar surface area (TPSA) is 64.6 Å². The van der Waals surface area contributed by atoms with Gasteiger partial charge in [-0.15, -0.1) is 0 Å². The first-order chi connectivity index (χ1) is 11.9. The maximum atomic E-state index is 12.3. The van der Waals surface area contributed by atoms with Crippen LogP contribution in [0.15, 0.2) is 36.4 Å². The largest absolute Gasteiger partial charge is 0.493 e. The maximum Gasteiger partial charge on any atom is 0.292 e. The van der Waals surface area contributed by atoms with Crippen LogP contribution < -0.4 is 14.8 Å². The molecule has 0 radical (unpaired) electrons. The van der Waals surface area contributed by atoms with Crippen molar-refractivity contribution in [2.45, 2.75) is 26.8 Å². The van der Waals surface area contributed by atoms with Crippen LogP contribution in [0.5, 0.6) is 11.5 Å². The number of amides is 1. The number of carbonyl (C=O) groups excluding carboxylic acids is 2. The van der Waals surface area contributed by atoms with Crippen molar-refractivity contribution >= 4 is 11.7 Å². The zero-order valence-electron chi connectivity index (χ0n) is 15.2. The monoisotopic (exact) mass is 341 g/mol. The molecule has 25 heavy (non-hydrogen) atoms. The summed E-state index contributed by atoms with van der Waals surface area (Å²) < 4.78 is 10.6. The van der Waals surface area contributed by atoms with Crippen LogP contribution in [0, 0.1) is 13.8 Å². The smallest absolute Gasteiger partial charge is 0.292 e. The van der Waals surface area contributed by atoms with Gasteiger partial charge in [0.15, 0.2) is 11.5 Å². The molecule has 0 aromatic heterocycles. The molecule has 2 aromatic rings. The van der Waals surface area contributed by atoms with E-state index in [-0.39, 0.29) is 6.04 Å². The van der Waals surface area contributed by atoms with Crippen LogP contribution in [0.25, 0.3) is 0 Å². The number of ether oxygens (including phenoxy) is 2. The predicted molar refractivity (Wildman–Crippen MR) is 96.4 cm³/mol. The van der Waals surface area contributed by atoms with Crippen molar-refractivity contribution in [2.24, 2.45) is 0 Å². The number of methoxy groups -OCH3 is 2. The molecule has 0 saturated carbocycles. The third kappa shape index (κ3) is 4.18. The Morgan fingerprint density at radius 3 is 2.08 bits per heavy atom. The number of nitrogens with one attached hydrogen (secondary N) is 1. The molecular weight excluding hydrogens is 318 g/mol. The number of carbonyl (C=O) groups is 2. The van der Waals surface area contributed by atoms with Crippen LogP contribution in [0.1, 0.15) is 40.0 Å². The van der Waals surface area contributed by atoms with E-state index in [1.165, 1.54) is 0 Å². The van der Waals surface area contributed by atoms with Gasteiger partial charge >= 0.3 is 0 Å². The van der Waals surface area contributed by atoms with Gasteiger partial charge in [0.25, 0.3) is 5.91 Å². The van der Waals surface area contributed by atoms with Crippen LogP contribution in [0.2, 0.25) is 0 Å².